The van der Waals surface area contributed by atoms with E-state index in [1.807, 2.05) is 0 Å². The molecule has 0 aliphatic heterocycles. The van der Waals surface area contributed by atoms with E-state index in [9.17, 15) is 43.2 Å². The Hall–Kier alpha value is -1.94. The largest absolute Gasteiger partial charge is 0.472 e. The highest BCUT2D eigenvalue weighted by Crippen LogP contribution is 2.45. The molecule has 3 N–H and O–H groups in total. The standard InChI is InChI=1S/C73H142O17P2/c1-9-65(7)51-43-35-26-21-19-17-15-13-11-12-14-16-18-20-22-27-37-45-53-70(75)83-59-68(89-72(77)55-47-39-31-29-34-42-50-64(5)6)61-87-91(79,80)85-57-67(74)58-86-92(81,82)88-62-69(90-73(78)56-48-40-32-30-36-44-52-66(8)10-2)60-84-71(76)54-46-38-28-24-23-25-33-41-49-63(3)4/h63-69,74H,9-62H2,1-8H3,(H,79,80)(H,81,82)/t65?,66?,67?,68-,69-/m1/s1. The van der Waals surface area contributed by atoms with Crippen LogP contribution >= 0.6 is 15.6 Å². The summed E-state index contributed by atoms with van der Waals surface area (Å²) in [6.07, 6.45) is 46.3. The van der Waals surface area contributed by atoms with Crippen molar-refractivity contribution in [3.05, 3.63) is 0 Å². The summed E-state index contributed by atoms with van der Waals surface area (Å²) < 4.78 is 68.2. The van der Waals surface area contributed by atoms with Crippen molar-refractivity contribution in [2.24, 2.45) is 23.7 Å². The van der Waals surface area contributed by atoms with Gasteiger partial charge in [0.05, 0.1) is 26.4 Å². The quantitative estimate of drug-likeness (QED) is 0.0222. The van der Waals surface area contributed by atoms with Crippen LogP contribution in [0.2, 0.25) is 0 Å². The van der Waals surface area contributed by atoms with Gasteiger partial charge in [-0.15, -0.1) is 0 Å². The Morgan fingerprint density at radius 3 is 0.772 bits per heavy atom. The molecule has 19 heteroatoms. The van der Waals surface area contributed by atoms with Crippen LogP contribution in [0.25, 0.3) is 0 Å². The van der Waals surface area contributed by atoms with Gasteiger partial charge in [-0.05, 0) is 49.4 Å². The molecule has 0 radical (unpaired) electrons. The first kappa shape index (κ1) is 90.1. The van der Waals surface area contributed by atoms with Crippen molar-refractivity contribution in [1.82, 2.24) is 0 Å². The predicted octanol–water partition coefficient (Wildman–Crippen LogP) is 20.9. The molecular weight excluding hydrogens is 1210 g/mol. The lowest BCUT2D eigenvalue weighted by Gasteiger charge is -2.21. The fraction of sp³-hybridized carbons (Fsp3) is 0.945. The highest BCUT2D eigenvalue weighted by molar-refractivity contribution is 7.47. The molecule has 0 saturated carbocycles. The van der Waals surface area contributed by atoms with Crippen molar-refractivity contribution < 1.29 is 80.2 Å². The summed E-state index contributed by atoms with van der Waals surface area (Å²) in [6.45, 7) is 14.1. The minimum atomic E-state index is -4.95. The van der Waals surface area contributed by atoms with Gasteiger partial charge in [0.25, 0.3) is 0 Å². The fourth-order valence-corrected chi connectivity index (χ4v) is 12.5. The maximum Gasteiger partial charge on any atom is 0.472 e. The first-order chi connectivity index (χ1) is 44.2. The van der Waals surface area contributed by atoms with Crippen LogP contribution < -0.4 is 0 Å². The molecule has 0 aliphatic carbocycles. The maximum atomic E-state index is 13.0. The summed E-state index contributed by atoms with van der Waals surface area (Å²) in [6, 6.07) is 0. The summed E-state index contributed by atoms with van der Waals surface area (Å²) in [5, 5.41) is 10.6. The van der Waals surface area contributed by atoms with E-state index in [1.165, 1.54) is 167 Å². The van der Waals surface area contributed by atoms with Crippen LogP contribution in [-0.2, 0) is 65.4 Å². The van der Waals surface area contributed by atoms with Gasteiger partial charge < -0.3 is 33.8 Å². The number of phosphoric acid groups is 2. The number of carbonyl (C=O) groups is 4. The molecule has 7 atom stereocenters. The number of hydrogen-bond acceptors (Lipinski definition) is 15. The first-order valence-corrected chi connectivity index (χ1v) is 40.8. The van der Waals surface area contributed by atoms with Crippen LogP contribution in [0.4, 0.5) is 0 Å². The Labute approximate surface area is 562 Å². The lowest BCUT2D eigenvalue weighted by molar-refractivity contribution is -0.161. The molecule has 17 nitrogen and oxygen atoms in total. The SMILES string of the molecule is CCC(C)CCCCCCCCCCCCCCCCCCCCC(=O)OC[C@H](COP(=O)(O)OCC(O)COP(=O)(O)OC[C@@H](COC(=O)CCCCCCCCCCC(C)C)OC(=O)CCCCCCCCC(C)CC)OC(=O)CCCCCCCCC(C)C. The molecule has 0 aromatic carbocycles. The Balaban J connectivity index is 5.09. The van der Waals surface area contributed by atoms with Crippen LogP contribution in [0.1, 0.15) is 364 Å². The van der Waals surface area contributed by atoms with E-state index >= 15 is 0 Å². The second-order valence-corrected chi connectivity index (χ2v) is 30.7. The Morgan fingerprint density at radius 1 is 0.304 bits per heavy atom. The van der Waals surface area contributed by atoms with Gasteiger partial charge in [0.15, 0.2) is 12.2 Å². The number of rotatable bonds is 70. The van der Waals surface area contributed by atoms with Gasteiger partial charge in [-0.2, -0.15) is 0 Å². The number of aliphatic hydroxyl groups excluding tert-OH is 1. The molecule has 0 rings (SSSR count). The lowest BCUT2D eigenvalue weighted by Crippen LogP contribution is -2.30. The molecule has 0 fully saturated rings. The second-order valence-electron chi connectivity index (χ2n) is 27.8. The van der Waals surface area contributed by atoms with Gasteiger partial charge in [-0.3, -0.25) is 37.3 Å². The number of phosphoric ester groups is 2. The van der Waals surface area contributed by atoms with E-state index in [2.05, 4.69) is 55.4 Å². The van der Waals surface area contributed by atoms with Crippen molar-refractivity contribution in [2.45, 2.75) is 382 Å². The van der Waals surface area contributed by atoms with Gasteiger partial charge in [0.1, 0.15) is 19.3 Å². The summed E-state index contributed by atoms with van der Waals surface area (Å²) in [4.78, 5) is 72.5. The number of aliphatic hydroxyl groups is 1. The zero-order valence-electron chi connectivity index (χ0n) is 60.2. The van der Waals surface area contributed by atoms with Crippen LogP contribution in [0, 0.1) is 23.7 Å². The van der Waals surface area contributed by atoms with Gasteiger partial charge in [-0.1, -0.05) is 312 Å². The van der Waals surface area contributed by atoms with E-state index in [1.54, 1.807) is 0 Å². The monoisotopic (exact) mass is 1350 g/mol. The smallest absolute Gasteiger partial charge is 0.462 e. The molecular formula is C73H142O17P2. The molecule has 0 saturated heterocycles. The van der Waals surface area contributed by atoms with E-state index in [0.717, 1.165) is 108 Å². The zero-order valence-corrected chi connectivity index (χ0v) is 62.0. The molecule has 5 unspecified atom stereocenters. The number of unbranched alkanes of at least 4 members (excludes halogenated alkanes) is 34. The van der Waals surface area contributed by atoms with E-state index in [0.29, 0.717) is 31.6 Å². The molecule has 0 aliphatic rings. The van der Waals surface area contributed by atoms with Gasteiger partial charge >= 0.3 is 39.5 Å². The molecule has 0 bridgehead atoms. The molecule has 0 heterocycles. The molecule has 92 heavy (non-hydrogen) atoms. The molecule has 0 amide bonds. The maximum absolute atomic E-state index is 13.0. The fourth-order valence-electron chi connectivity index (χ4n) is 11.0. The van der Waals surface area contributed by atoms with E-state index < -0.39 is 97.5 Å². The summed E-state index contributed by atoms with van der Waals surface area (Å²) >= 11 is 0. The number of esters is 4. The number of ether oxygens (including phenoxy) is 4. The van der Waals surface area contributed by atoms with Gasteiger partial charge in [0.2, 0.25) is 0 Å². The number of carbonyl (C=O) groups excluding carboxylic acids is 4. The van der Waals surface area contributed by atoms with Gasteiger partial charge in [-0.25, -0.2) is 9.13 Å². The van der Waals surface area contributed by atoms with Crippen molar-refractivity contribution in [2.75, 3.05) is 39.6 Å². The third kappa shape index (κ3) is 64.1. The number of hydrogen-bond donors (Lipinski definition) is 3. The minimum Gasteiger partial charge on any atom is -0.462 e. The first-order valence-electron chi connectivity index (χ1n) is 37.8. The average Bonchev–Trinajstić information content (AvgIpc) is 2.68. The Bertz CT molecular complexity index is 1820. The molecule has 0 spiro atoms. The third-order valence-corrected chi connectivity index (χ3v) is 19.4. The third-order valence-electron chi connectivity index (χ3n) is 17.5. The van der Waals surface area contributed by atoms with Crippen molar-refractivity contribution >= 4 is 39.5 Å². The summed E-state index contributed by atoms with van der Waals surface area (Å²) in [5.74, 6) is 0.855. The van der Waals surface area contributed by atoms with Crippen LogP contribution in [0.3, 0.4) is 0 Å². The van der Waals surface area contributed by atoms with Crippen LogP contribution in [-0.4, -0.2) is 96.7 Å². The predicted molar refractivity (Wildman–Crippen MR) is 372 cm³/mol. The zero-order chi connectivity index (χ0) is 68.2. The highest BCUT2D eigenvalue weighted by atomic mass is 31.2. The summed E-state index contributed by atoms with van der Waals surface area (Å²) in [7, 11) is -9.90. The van der Waals surface area contributed by atoms with Crippen LogP contribution in [0.15, 0.2) is 0 Å². The second kappa shape index (κ2) is 62.6. The molecule has 0 aromatic rings. The highest BCUT2D eigenvalue weighted by Gasteiger charge is 2.30. The van der Waals surface area contributed by atoms with E-state index in [-0.39, 0.29) is 25.7 Å². The minimum absolute atomic E-state index is 0.102. The average molecular weight is 1350 g/mol. The Morgan fingerprint density at radius 2 is 0.522 bits per heavy atom. The lowest BCUT2D eigenvalue weighted by atomic mass is 9.99. The normalized spacial score (nSPS) is 14.8. The van der Waals surface area contributed by atoms with Crippen molar-refractivity contribution in [3.63, 3.8) is 0 Å². The van der Waals surface area contributed by atoms with Crippen LogP contribution in [0.5, 0.6) is 0 Å². The van der Waals surface area contributed by atoms with Crippen molar-refractivity contribution in [3.8, 4) is 0 Å². The van der Waals surface area contributed by atoms with Gasteiger partial charge in [0, 0.05) is 25.7 Å². The topological polar surface area (TPSA) is 237 Å². The Kier molecular flexibility index (Phi) is 61.3. The summed E-state index contributed by atoms with van der Waals surface area (Å²) in [5.41, 5.74) is 0. The molecule has 0 aromatic heterocycles. The van der Waals surface area contributed by atoms with Crippen molar-refractivity contribution in [1.29, 1.82) is 0 Å². The van der Waals surface area contributed by atoms with E-state index in [4.69, 9.17) is 37.0 Å². The molecule has 546 valence electrons.